The van der Waals surface area contributed by atoms with Crippen molar-refractivity contribution in [2.75, 3.05) is 6.54 Å². The summed E-state index contributed by atoms with van der Waals surface area (Å²) in [7, 11) is 0. The molecule has 152 valence electrons. The number of nitrogens with one attached hydrogen (secondary N) is 1. The molecule has 9 nitrogen and oxygen atoms in total. The second-order valence-electron chi connectivity index (χ2n) is 6.98. The molecule has 0 spiro atoms. The van der Waals surface area contributed by atoms with E-state index in [0.29, 0.717) is 29.4 Å². The molecule has 0 unspecified atom stereocenters. The van der Waals surface area contributed by atoms with Gasteiger partial charge in [0, 0.05) is 42.3 Å². The zero-order valence-corrected chi connectivity index (χ0v) is 16.5. The number of aliphatic hydroxyl groups is 1. The van der Waals surface area contributed by atoms with Gasteiger partial charge in [-0.2, -0.15) is 4.98 Å². The Labute approximate surface area is 170 Å². The van der Waals surface area contributed by atoms with Crippen LogP contribution in [0.15, 0.2) is 44.4 Å². The molecule has 3 aromatic rings. The SMILES string of the molecule is C[C@@H]1NCCn2c1cc(=O)n(Cc1nc(C[C@H](O)c3ccc(Cl)cc3)no1)c2=O. The Balaban J connectivity index is 1.53. The molecule has 29 heavy (non-hydrogen) atoms. The van der Waals surface area contributed by atoms with Crippen molar-refractivity contribution in [3.8, 4) is 0 Å². The first-order chi connectivity index (χ1) is 13.9. The van der Waals surface area contributed by atoms with Gasteiger partial charge in [0.15, 0.2) is 5.82 Å². The molecule has 0 radical (unpaired) electrons. The summed E-state index contributed by atoms with van der Waals surface area (Å²) in [4.78, 5) is 29.4. The molecule has 3 heterocycles. The van der Waals surface area contributed by atoms with Crippen molar-refractivity contribution in [3.05, 3.63) is 79.2 Å². The average molecular weight is 418 g/mol. The molecular weight excluding hydrogens is 398 g/mol. The van der Waals surface area contributed by atoms with Crippen LogP contribution in [0.25, 0.3) is 0 Å². The van der Waals surface area contributed by atoms with Crippen molar-refractivity contribution < 1.29 is 9.63 Å². The Bertz CT molecular complexity index is 1130. The summed E-state index contributed by atoms with van der Waals surface area (Å²) in [5.74, 6) is 0.413. The molecule has 1 aliphatic heterocycles. The molecule has 2 N–H and O–H groups in total. The third-order valence-corrected chi connectivity index (χ3v) is 5.23. The highest BCUT2D eigenvalue weighted by Crippen LogP contribution is 2.19. The standard InChI is InChI=1S/C19H20ClN5O4/c1-11-14-8-18(27)25(19(28)24(14)7-6-21-11)10-17-22-16(23-29-17)9-15(26)12-2-4-13(20)5-3-12/h2-5,8,11,15,21,26H,6-7,9-10H2,1H3/t11-,15-/m0/s1. The van der Waals surface area contributed by atoms with Crippen molar-refractivity contribution in [2.24, 2.45) is 0 Å². The zero-order chi connectivity index (χ0) is 20.5. The Kier molecular flexibility index (Phi) is 5.35. The average Bonchev–Trinajstić information content (AvgIpc) is 3.13. The van der Waals surface area contributed by atoms with Gasteiger partial charge in [-0.05, 0) is 24.6 Å². The molecule has 0 amide bonds. The van der Waals surface area contributed by atoms with E-state index in [2.05, 4.69) is 15.5 Å². The molecule has 0 saturated heterocycles. The van der Waals surface area contributed by atoms with E-state index in [1.54, 1.807) is 28.8 Å². The summed E-state index contributed by atoms with van der Waals surface area (Å²) in [6.45, 7) is 2.93. The number of hydrogen-bond donors (Lipinski definition) is 2. The van der Waals surface area contributed by atoms with Crippen molar-refractivity contribution in [1.82, 2.24) is 24.6 Å². The molecule has 0 bridgehead atoms. The van der Waals surface area contributed by atoms with Crippen LogP contribution < -0.4 is 16.6 Å². The minimum atomic E-state index is -0.830. The van der Waals surface area contributed by atoms with Crippen LogP contribution in [-0.4, -0.2) is 30.9 Å². The van der Waals surface area contributed by atoms with Crippen molar-refractivity contribution in [3.63, 3.8) is 0 Å². The van der Waals surface area contributed by atoms with Gasteiger partial charge in [0.25, 0.3) is 5.56 Å². The maximum absolute atomic E-state index is 12.7. The molecule has 4 rings (SSSR count). The largest absolute Gasteiger partial charge is 0.388 e. The fourth-order valence-corrected chi connectivity index (χ4v) is 3.53. The van der Waals surface area contributed by atoms with Crippen molar-refractivity contribution >= 4 is 11.6 Å². The molecule has 0 aliphatic carbocycles. The van der Waals surface area contributed by atoms with E-state index >= 15 is 0 Å². The van der Waals surface area contributed by atoms with Crippen LogP contribution in [0.3, 0.4) is 0 Å². The van der Waals surface area contributed by atoms with Crippen LogP contribution in [-0.2, 0) is 19.5 Å². The molecule has 1 aliphatic rings. The summed E-state index contributed by atoms with van der Waals surface area (Å²) >= 11 is 5.85. The lowest BCUT2D eigenvalue weighted by molar-refractivity contribution is 0.174. The van der Waals surface area contributed by atoms with Crippen LogP contribution in [0.5, 0.6) is 0 Å². The maximum Gasteiger partial charge on any atom is 0.331 e. The number of rotatable bonds is 5. The third-order valence-electron chi connectivity index (χ3n) is 4.97. The Morgan fingerprint density at radius 2 is 2.10 bits per heavy atom. The van der Waals surface area contributed by atoms with E-state index in [-0.39, 0.29) is 30.7 Å². The molecule has 2 aromatic heterocycles. The van der Waals surface area contributed by atoms with Gasteiger partial charge in [-0.3, -0.25) is 13.9 Å². The van der Waals surface area contributed by atoms with Gasteiger partial charge in [-0.25, -0.2) is 4.79 Å². The molecule has 10 heteroatoms. The number of fused-ring (bicyclic) bond motifs is 1. The summed E-state index contributed by atoms with van der Waals surface area (Å²) in [5.41, 5.74) is 0.520. The number of aromatic nitrogens is 4. The van der Waals surface area contributed by atoms with Gasteiger partial charge in [-0.15, -0.1) is 0 Å². The zero-order valence-electron chi connectivity index (χ0n) is 15.7. The van der Waals surface area contributed by atoms with Crippen molar-refractivity contribution in [2.45, 2.75) is 38.6 Å². The second kappa shape index (κ2) is 7.94. The topological polar surface area (TPSA) is 115 Å². The van der Waals surface area contributed by atoms with Crippen LogP contribution in [0.4, 0.5) is 0 Å². The van der Waals surface area contributed by atoms with E-state index in [4.69, 9.17) is 16.1 Å². The van der Waals surface area contributed by atoms with Crippen molar-refractivity contribution in [1.29, 1.82) is 0 Å². The first kappa shape index (κ1) is 19.6. The van der Waals surface area contributed by atoms with E-state index in [9.17, 15) is 14.7 Å². The highest BCUT2D eigenvalue weighted by atomic mass is 35.5. The van der Waals surface area contributed by atoms with Crippen LogP contribution in [0.2, 0.25) is 5.02 Å². The molecule has 2 atom stereocenters. The fraction of sp³-hybridized carbons (Fsp3) is 0.368. The Morgan fingerprint density at radius 3 is 2.86 bits per heavy atom. The summed E-state index contributed by atoms with van der Waals surface area (Å²) < 4.78 is 7.85. The monoisotopic (exact) mass is 417 g/mol. The Hall–Kier alpha value is -2.75. The predicted molar refractivity (Wildman–Crippen MR) is 105 cm³/mol. The van der Waals surface area contributed by atoms with Gasteiger partial charge < -0.3 is 14.9 Å². The normalized spacial score (nSPS) is 17.1. The van der Waals surface area contributed by atoms with Crippen LogP contribution in [0.1, 0.15) is 42.0 Å². The lowest BCUT2D eigenvalue weighted by Gasteiger charge is -2.25. The van der Waals surface area contributed by atoms with Gasteiger partial charge in [-0.1, -0.05) is 28.9 Å². The van der Waals surface area contributed by atoms with Gasteiger partial charge in [0.2, 0.25) is 5.89 Å². The quantitative estimate of drug-likeness (QED) is 0.637. The lowest BCUT2D eigenvalue weighted by atomic mass is 10.1. The summed E-state index contributed by atoms with van der Waals surface area (Å²) in [5, 5.41) is 18.0. The van der Waals surface area contributed by atoms with Gasteiger partial charge >= 0.3 is 5.69 Å². The third kappa shape index (κ3) is 4.02. The summed E-state index contributed by atoms with van der Waals surface area (Å²) in [6.07, 6.45) is -0.698. The number of halogens is 1. The van der Waals surface area contributed by atoms with Crippen LogP contribution in [0, 0.1) is 0 Å². The van der Waals surface area contributed by atoms with Gasteiger partial charge in [0.05, 0.1) is 6.10 Å². The number of hydrogen-bond acceptors (Lipinski definition) is 7. The number of benzene rings is 1. The van der Waals surface area contributed by atoms with E-state index < -0.39 is 17.4 Å². The van der Waals surface area contributed by atoms with E-state index in [1.807, 2.05) is 6.92 Å². The second-order valence-corrected chi connectivity index (χ2v) is 7.42. The maximum atomic E-state index is 12.7. The fourth-order valence-electron chi connectivity index (χ4n) is 3.41. The van der Waals surface area contributed by atoms with E-state index in [0.717, 1.165) is 4.57 Å². The highest BCUT2D eigenvalue weighted by molar-refractivity contribution is 6.30. The first-order valence-electron chi connectivity index (χ1n) is 9.25. The predicted octanol–water partition coefficient (Wildman–Crippen LogP) is 1.04. The van der Waals surface area contributed by atoms with Gasteiger partial charge in [0.1, 0.15) is 6.54 Å². The molecule has 1 aromatic carbocycles. The first-order valence-corrected chi connectivity index (χ1v) is 9.63. The minimum Gasteiger partial charge on any atom is -0.388 e. The van der Waals surface area contributed by atoms with Crippen LogP contribution >= 0.6 is 11.6 Å². The Morgan fingerprint density at radius 1 is 1.34 bits per heavy atom. The summed E-state index contributed by atoms with van der Waals surface area (Å²) in [6, 6.07) is 8.21. The minimum absolute atomic E-state index is 0.0665. The number of nitrogens with zero attached hydrogens (tertiary/aromatic N) is 4. The molecule has 0 saturated carbocycles. The highest BCUT2D eigenvalue weighted by Gasteiger charge is 2.21. The molecular formula is C19H20ClN5O4. The molecule has 0 fully saturated rings. The van der Waals surface area contributed by atoms with E-state index in [1.165, 1.54) is 6.07 Å². The number of aliphatic hydroxyl groups excluding tert-OH is 1. The smallest absolute Gasteiger partial charge is 0.331 e. The lowest BCUT2D eigenvalue weighted by Crippen LogP contribution is -2.46.